The molecule has 1 N–H and O–H groups in total. The van der Waals surface area contributed by atoms with E-state index in [2.05, 4.69) is 10.4 Å². The maximum absolute atomic E-state index is 6.17. The number of rotatable bonds is 6. The van der Waals surface area contributed by atoms with Crippen molar-refractivity contribution < 1.29 is 4.74 Å². The molecule has 124 valence electrons. The van der Waals surface area contributed by atoms with E-state index in [-0.39, 0.29) is 0 Å². The summed E-state index contributed by atoms with van der Waals surface area (Å²) in [5, 5.41) is 8.27. The third-order valence-corrected chi connectivity index (χ3v) is 4.05. The number of hydrogen-bond donors (Lipinski definition) is 1. The van der Waals surface area contributed by atoms with Crippen LogP contribution in [0.5, 0.6) is 5.75 Å². The molecule has 0 radical (unpaired) electrons. The normalized spacial score (nSPS) is 10.6. The summed E-state index contributed by atoms with van der Waals surface area (Å²) in [4.78, 5) is 0. The lowest BCUT2D eigenvalue weighted by Crippen LogP contribution is -2.07. The Morgan fingerprint density at radius 1 is 1.12 bits per heavy atom. The molecule has 1 aromatic heterocycles. The van der Waals surface area contributed by atoms with Gasteiger partial charge in [-0.15, -0.1) is 0 Å². The highest BCUT2D eigenvalue weighted by Crippen LogP contribution is 2.25. The van der Waals surface area contributed by atoms with E-state index in [1.165, 1.54) is 0 Å². The van der Waals surface area contributed by atoms with E-state index >= 15 is 0 Å². The quantitative estimate of drug-likeness (QED) is 0.716. The monoisotopic (exact) mass is 341 g/mol. The Labute approximate surface area is 147 Å². The van der Waals surface area contributed by atoms with Crippen molar-refractivity contribution in [1.82, 2.24) is 9.78 Å². The first-order valence-electron chi connectivity index (χ1n) is 7.83. The third-order valence-electron chi connectivity index (χ3n) is 3.82. The predicted octanol–water partition coefficient (Wildman–Crippen LogP) is 4.51. The number of aromatic nitrogens is 2. The molecule has 3 rings (SSSR count). The van der Waals surface area contributed by atoms with Gasteiger partial charge in [0.2, 0.25) is 0 Å². The van der Waals surface area contributed by atoms with Crippen LogP contribution in [0.15, 0.2) is 54.6 Å². The summed E-state index contributed by atoms with van der Waals surface area (Å²) in [7, 11) is 1.86. The molecule has 0 atom stereocenters. The number of ether oxygens (including phenoxy) is 1. The number of nitrogens with zero attached hydrogens (tertiary/aromatic N) is 2. The summed E-state index contributed by atoms with van der Waals surface area (Å²) < 4.78 is 7.95. The lowest BCUT2D eigenvalue weighted by molar-refractivity contribution is 0.302. The van der Waals surface area contributed by atoms with Gasteiger partial charge in [0.1, 0.15) is 18.2 Å². The minimum atomic E-state index is 0.523. The second-order valence-electron chi connectivity index (χ2n) is 5.60. The fourth-order valence-corrected chi connectivity index (χ4v) is 2.70. The average Bonchev–Trinajstić information content (AvgIpc) is 2.95. The molecule has 1 heterocycles. The van der Waals surface area contributed by atoms with Gasteiger partial charge in [0, 0.05) is 29.4 Å². The first-order valence-corrected chi connectivity index (χ1v) is 8.21. The summed E-state index contributed by atoms with van der Waals surface area (Å²) in [5.74, 6) is 1.67. The van der Waals surface area contributed by atoms with E-state index in [0.717, 1.165) is 28.4 Å². The number of halogens is 1. The van der Waals surface area contributed by atoms with E-state index < -0.39 is 0 Å². The lowest BCUT2D eigenvalue weighted by atomic mass is 10.2. The Kier molecular flexibility index (Phi) is 5.06. The zero-order valence-electron chi connectivity index (χ0n) is 13.8. The molecule has 2 aromatic carbocycles. The molecule has 0 fully saturated rings. The van der Waals surface area contributed by atoms with Crippen LogP contribution in [0.2, 0.25) is 5.02 Å². The van der Waals surface area contributed by atoms with Gasteiger partial charge < -0.3 is 10.1 Å². The van der Waals surface area contributed by atoms with Crippen LogP contribution in [-0.4, -0.2) is 16.8 Å². The molecule has 5 heteroatoms. The van der Waals surface area contributed by atoms with Gasteiger partial charge >= 0.3 is 0 Å². The van der Waals surface area contributed by atoms with Crippen molar-refractivity contribution in [3.8, 4) is 5.75 Å². The zero-order valence-corrected chi connectivity index (χ0v) is 14.5. The summed E-state index contributed by atoms with van der Waals surface area (Å²) >= 11 is 6.17. The predicted molar refractivity (Wildman–Crippen MR) is 97.8 cm³/mol. The minimum absolute atomic E-state index is 0.523. The maximum Gasteiger partial charge on any atom is 0.148 e. The Morgan fingerprint density at radius 2 is 1.92 bits per heavy atom. The van der Waals surface area contributed by atoms with Crippen LogP contribution < -0.4 is 10.1 Å². The van der Waals surface area contributed by atoms with Crippen molar-refractivity contribution in [1.29, 1.82) is 0 Å². The van der Waals surface area contributed by atoms with Gasteiger partial charge in [-0.1, -0.05) is 41.9 Å². The highest BCUT2D eigenvalue weighted by Gasteiger charge is 2.10. The first kappa shape index (κ1) is 16.4. The number of aryl methyl sites for hydroxylation is 1. The Morgan fingerprint density at radius 3 is 2.62 bits per heavy atom. The summed E-state index contributed by atoms with van der Waals surface area (Å²) in [6, 6.07) is 17.8. The molecule has 0 amide bonds. The molecule has 0 saturated heterocycles. The fraction of sp³-hybridized carbons (Fsp3) is 0.211. The second-order valence-corrected chi connectivity index (χ2v) is 6.04. The third kappa shape index (κ3) is 3.89. The van der Waals surface area contributed by atoms with Crippen molar-refractivity contribution in [3.63, 3.8) is 0 Å². The van der Waals surface area contributed by atoms with Crippen LogP contribution in [0, 0.1) is 6.92 Å². The molecule has 0 bridgehead atoms. The Bertz CT molecular complexity index is 815. The van der Waals surface area contributed by atoms with Gasteiger partial charge in [0.15, 0.2) is 0 Å². The highest BCUT2D eigenvalue weighted by atomic mass is 35.5. The molecule has 0 aliphatic carbocycles. The molecule has 3 aromatic rings. The van der Waals surface area contributed by atoms with Crippen molar-refractivity contribution in [2.24, 2.45) is 0 Å². The number of hydrogen-bond acceptors (Lipinski definition) is 3. The number of nitrogens with one attached hydrogen (secondary N) is 1. The van der Waals surface area contributed by atoms with E-state index in [0.29, 0.717) is 18.2 Å². The molecule has 0 saturated carbocycles. The Hall–Kier alpha value is -2.46. The van der Waals surface area contributed by atoms with Crippen LogP contribution in [0.25, 0.3) is 0 Å². The molecular formula is C19H20ClN3O. The fourth-order valence-electron chi connectivity index (χ4n) is 2.50. The van der Waals surface area contributed by atoms with Crippen LogP contribution in [0.4, 0.5) is 5.82 Å². The van der Waals surface area contributed by atoms with Gasteiger partial charge in [-0.05, 0) is 30.7 Å². The minimum Gasteiger partial charge on any atom is -0.489 e. The molecule has 0 spiro atoms. The zero-order chi connectivity index (χ0) is 16.9. The Balaban J connectivity index is 1.81. The van der Waals surface area contributed by atoms with Crippen LogP contribution in [-0.2, 0) is 13.2 Å². The lowest BCUT2D eigenvalue weighted by Gasteiger charge is -2.13. The van der Waals surface area contributed by atoms with E-state index in [4.69, 9.17) is 16.3 Å². The van der Waals surface area contributed by atoms with Crippen LogP contribution in [0.1, 0.15) is 16.8 Å². The van der Waals surface area contributed by atoms with Gasteiger partial charge in [-0.25, -0.2) is 0 Å². The molecule has 24 heavy (non-hydrogen) atoms. The van der Waals surface area contributed by atoms with Gasteiger partial charge in [-0.3, -0.25) is 4.68 Å². The number of benzene rings is 2. The van der Waals surface area contributed by atoms with E-state index in [9.17, 15) is 0 Å². The topological polar surface area (TPSA) is 39.1 Å². The molecule has 0 aliphatic rings. The van der Waals surface area contributed by atoms with Crippen molar-refractivity contribution in [2.75, 3.05) is 12.4 Å². The average molecular weight is 342 g/mol. The summed E-state index contributed by atoms with van der Waals surface area (Å²) in [5.41, 5.74) is 3.21. The van der Waals surface area contributed by atoms with Gasteiger partial charge in [-0.2, -0.15) is 5.10 Å². The number of anilines is 1. The van der Waals surface area contributed by atoms with Gasteiger partial charge in [0.05, 0.1) is 6.54 Å². The summed E-state index contributed by atoms with van der Waals surface area (Å²) in [6.45, 7) is 3.16. The first-order chi connectivity index (χ1) is 11.7. The maximum atomic E-state index is 6.17. The van der Waals surface area contributed by atoms with E-state index in [1.807, 2.05) is 73.3 Å². The molecular weight excluding hydrogens is 322 g/mol. The van der Waals surface area contributed by atoms with Crippen molar-refractivity contribution >= 4 is 17.4 Å². The van der Waals surface area contributed by atoms with Crippen molar-refractivity contribution in [3.05, 3.63) is 76.4 Å². The molecule has 0 unspecified atom stereocenters. The van der Waals surface area contributed by atoms with Gasteiger partial charge in [0.25, 0.3) is 0 Å². The summed E-state index contributed by atoms with van der Waals surface area (Å²) in [6.07, 6.45) is 0. The SMILES string of the molecule is CNc1cc(C)n(Cc2cc(Cl)ccc2OCc2ccccc2)n1. The van der Waals surface area contributed by atoms with Crippen LogP contribution >= 0.6 is 11.6 Å². The van der Waals surface area contributed by atoms with E-state index in [1.54, 1.807) is 0 Å². The highest BCUT2D eigenvalue weighted by molar-refractivity contribution is 6.30. The van der Waals surface area contributed by atoms with Crippen molar-refractivity contribution in [2.45, 2.75) is 20.1 Å². The molecule has 4 nitrogen and oxygen atoms in total. The standard InChI is InChI=1S/C19H20ClN3O/c1-14-10-19(21-2)22-23(14)12-16-11-17(20)8-9-18(16)24-13-15-6-4-3-5-7-15/h3-11H,12-13H2,1-2H3,(H,21,22). The van der Waals surface area contributed by atoms with Crippen LogP contribution in [0.3, 0.4) is 0 Å². The largest absolute Gasteiger partial charge is 0.489 e. The molecule has 0 aliphatic heterocycles. The smallest absolute Gasteiger partial charge is 0.148 e. The second kappa shape index (κ2) is 7.41.